The molecule has 1 fully saturated rings. The Hall–Kier alpha value is -2.51. The van der Waals surface area contributed by atoms with E-state index >= 15 is 0 Å². The van der Waals surface area contributed by atoms with Crippen molar-refractivity contribution in [3.05, 3.63) is 54.2 Å². The zero-order valence-corrected chi connectivity index (χ0v) is 15.1. The second-order valence-corrected chi connectivity index (χ2v) is 6.56. The zero-order chi connectivity index (χ0) is 17.9. The molecule has 2 atom stereocenters. The molecule has 1 aromatic carbocycles. The molecule has 0 amide bonds. The Bertz CT molecular complexity index is 864. The first-order valence-electron chi connectivity index (χ1n) is 8.83. The van der Waals surface area contributed by atoms with E-state index in [-0.39, 0.29) is 12.1 Å². The van der Waals surface area contributed by atoms with Crippen LogP contribution in [-0.4, -0.2) is 57.9 Å². The summed E-state index contributed by atoms with van der Waals surface area (Å²) in [7, 11) is 3.47. The molecule has 7 heteroatoms. The van der Waals surface area contributed by atoms with Gasteiger partial charge in [-0.15, -0.1) is 10.2 Å². The van der Waals surface area contributed by atoms with Gasteiger partial charge in [0.2, 0.25) is 0 Å². The van der Waals surface area contributed by atoms with E-state index in [4.69, 9.17) is 9.47 Å². The lowest BCUT2D eigenvalue weighted by atomic mass is 10.1. The number of benzene rings is 1. The highest BCUT2D eigenvalue weighted by Gasteiger charge is 2.35. The summed E-state index contributed by atoms with van der Waals surface area (Å²) in [6.07, 6.45) is 7.53. The number of rotatable bonds is 6. The zero-order valence-electron chi connectivity index (χ0n) is 15.1. The van der Waals surface area contributed by atoms with Crippen LogP contribution < -0.4 is 4.74 Å². The van der Waals surface area contributed by atoms with Crippen LogP contribution in [0.3, 0.4) is 0 Å². The molecule has 4 rings (SSSR count). The minimum Gasteiger partial charge on any atom is -0.497 e. The monoisotopic (exact) mass is 353 g/mol. The summed E-state index contributed by atoms with van der Waals surface area (Å²) in [5.74, 6) is 1.84. The number of methoxy groups -OCH3 is 2. The van der Waals surface area contributed by atoms with Crippen molar-refractivity contribution in [2.24, 2.45) is 0 Å². The average molecular weight is 353 g/mol. The summed E-state index contributed by atoms with van der Waals surface area (Å²) >= 11 is 0. The maximum atomic E-state index is 5.64. The fourth-order valence-electron chi connectivity index (χ4n) is 3.61. The number of likely N-dealkylation sites (tertiary alicyclic amines) is 1. The Morgan fingerprint density at radius 2 is 2.00 bits per heavy atom. The highest BCUT2D eigenvalue weighted by molar-refractivity contribution is 5.34. The summed E-state index contributed by atoms with van der Waals surface area (Å²) in [4.78, 5) is 6.56. The first-order valence-corrected chi connectivity index (χ1v) is 8.83. The van der Waals surface area contributed by atoms with Gasteiger partial charge in [-0.25, -0.2) is 0 Å². The van der Waals surface area contributed by atoms with Crippen molar-refractivity contribution in [1.82, 2.24) is 24.5 Å². The number of fused-ring (bicyclic) bond motifs is 1. The van der Waals surface area contributed by atoms with Gasteiger partial charge in [-0.2, -0.15) is 0 Å². The van der Waals surface area contributed by atoms with E-state index in [1.807, 2.05) is 22.7 Å². The minimum atomic E-state index is 0.190. The quantitative estimate of drug-likeness (QED) is 0.676. The Kier molecular flexibility index (Phi) is 4.81. The van der Waals surface area contributed by atoms with Gasteiger partial charge in [0, 0.05) is 32.6 Å². The molecular weight excluding hydrogens is 330 g/mol. The summed E-state index contributed by atoms with van der Waals surface area (Å²) in [6, 6.07) is 8.45. The summed E-state index contributed by atoms with van der Waals surface area (Å²) in [6.45, 7) is 1.84. The van der Waals surface area contributed by atoms with Crippen molar-refractivity contribution in [3.8, 4) is 5.75 Å². The second-order valence-electron chi connectivity index (χ2n) is 6.56. The SMILES string of the molecule is COc1ccc(CCN2C[C@H](OC)C[C@H]2c2nnc3cnccn23)cc1. The third kappa shape index (κ3) is 3.27. The number of hydrogen-bond donors (Lipinski definition) is 0. The number of aromatic nitrogens is 4. The highest BCUT2D eigenvalue weighted by Crippen LogP contribution is 2.32. The molecule has 1 aliphatic rings. The van der Waals surface area contributed by atoms with Crippen LogP contribution in [0.1, 0.15) is 23.9 Å². The van der Waals surface area contributed by atoms with Crippen LogP contribution in [-0.2, 0) is 11.2 Å². The molecule has 136 valence electrons. The lowest BCUT2D eigenvalue weighted by Gasteiger charge is -2.22. The van der Waals surface area contributed by atoms with Crippen molar-refractivity contribution in [1.29, 1.82) is 0 Å². The van der Waals surface area contributed by atoms with Gasteiger partial charge in [-0.1, -0.05) is 12.1 Å². The predicted octanol–water partition coefficient (Wildman–Crippen LogP) is 2.14. The number of nitrogens with zero attached hydrogens (tertiary/aromatic N) is 5. The van der Waals surface area contributed by atoms with E-state index in [1.54, 1.807) is 26.6 Å². The third-order valence-electron chi connectivity index (χ3n) is 5.08. The third-order valence-corrected chi connectivity index (χ3v) is 5.08. The second kappa shape index (κ2) is 7.39. The molecule has 2 aromatic heterocycles. The van der Waals surface area contributed by atoms with E-state index in [9.17, 15) is 0 Å². The van der Waals surface area contributed by atoms with E-state index < -0.39 is 0 Å². The van der Waals surface area contributed by atoms with Crippen molar-refractivity contribution in [2.75, 3.05) is 27.3 Å². The molecule has 26 heavy (non-hydrogen) atoms. The van der Waals surface area contributed by atoms with Crippen LogP contribution in [0, 0.1) is 0 Å². The molecule has 0 bridgehead atoms. The minimum absolute atomic E-state index is 0.190. The topological polar surface area (TPSA) is 64.8 Å². The molecule has 7 nitrogen and oxygen atoms in total. The molecular formula is C19H23N5O2. The van der Waals surface area contributed by atoms with Gasteiger partial charge < -0.3 is 9.47 Å². The van der Waals surface area contributed by atoms with E-state index in [0.717, 1.165) is 43.2 Å². The van der Waals surface area contributed by atoms with Crippen molar-refractivity contribution in [3.63, 3.8) is 0 Å². The van der Waals surface area contributed by atoms with Crippen LogP contribution in [0.4, 0.5) is 0 Å². The van der Waals surface area contributed by atoms with Gasteiger partial charge in [0.05, 0.1) is 25.5 Å². The van der Waals surface area contributed by atoms with Gasteiger partial charge in [0.25, 0.3) is 0 Å². The fraction of sp³-hybridized carbons (Fsp3) is 0.421. The van der Waals surface area contributed by atoms with Gasteiger partial charge in [0.15, 0.2) is 11.5 Å². The van der Waals surface area contributed by atoms with Crippen molar-refractivity contribution < 1.29 is 9.47 Å². The lowest BCUT2D eigenvalue weighted by molar-refractivity contribution is 0.108. The summed E-state index contributed by atoms with van der Waals surface area (Å²) in [5, 5.41) is 8.69. The Labute approximate surface area is 152 Å². The predicted molar refractivity (Wildman–Crippen MR) is 97.2 cm³/mol. The van der Waals surface area contributed by atoms with E-state index in [0.29, 0.717) is 0 Å². The molecule has 1 aliphatic heterocycles. The Morgan fingerprint density at radius 1 is 1.15 bits per heavy atom. The first-order chi connectivity index (χ1) is 12.8. The molecule has 0 radical (unpaired) electrons. The molecule has 0 N–H and O–H groups in total. The Balaban J connectivity index is 1.52. The van der Waals surface area contributed by atoms with Crippen LogP contribution in [0.25, 0.3) is 5.65 Å². The smallest absolute Gasteiger partial charge is 0.179 e. The largest absolute Gasteiger partial charge is 0.497 e. The van der Waals surface area contributed by atoms with Crippen LogP contribution in [0.5, 0.6) is 5.75 Å². The molecule has 3 aromatic rings. The standard InChI is InChI=1S/C19H23N5O2/c1-25-15-5-3-14(4-6-15)7-9-23-13-16(26-2)11-17(23)19-22-21-18-12-20-8-10-24(18)19/h3-6,8,10,12,16-17H,7,9,11,13H2,1-2H3/t16-,17+/m1/s1. The molecule has 0 unspecified atom stereocenters. The molecule has 0 spiro atoms. The van der Waals surface area contributed by atoms with Gasteiger partial charge in [-0.3, -0.25) is 14.3 Å². The highest BCUT2D eigenvalue weighted by atomic mass is 16.5. The lowest BCUT2D eigenvalue weighted by Crippen LogP contribution is -2.28. The van der Waals surface area contributed by atoms with Gasteiger partial charge in [0.1, 0.15) is 5.75 Å². The first kappa shape index (κ1) is 16.9. The van der Waals surface area contributed by atoms with Crippen LogP contribution in [0.2, 0.25) is 0 Å². The van der Waals surface area contributed by atoms with Gasteiger partial charge in [-0.05, 0) is 30.5 Å². The van der Waals surface area contributed by atoms with Gasteiger partial charge >= 0.3 is 0 Å². The van der Waals surface area contributed by atoms with Crippen molar-refractivity contribution >= 4 is 5.65 Å². The summed E-state index contributed by atoms with van der Waals surface area (Å²) in [5.41, 5.74) is 2.07. The average Bonchev–Trinajstić information content (AvgIpc) is 3.30. The van der Waals surface area contributed by atoms with E-state index in [1.165, 1.54) is 5.56 Å². The fourth-order valence-corrected chi connectivity index (χ4v) is 3.61. The Morgan fingerprint density at radius 3 is 2.77 bits per heavy atom. The van der Waals surface area contributed by atoms with Crippen LogP contribution >= 0.6 is 0 Å². The van der Waals surface area contributed by atoms with E-state index in [2.05, 4.69) is 32.2 Å². The maximum Gasteiger partial charge on any atom is 0.179 e. The molecule has 0 saturated carbocycles. The van der Waals surface area contributed by atoms with Crippen LogP contribution in [0.15, 0.2) is 42.9 Å². The molecule has 3 heterocycles. The molecule has 1 saturated heterocycles. The van der Waals surface area contributed by atoms with Crippen molar-refractivity contribution in [2.45, 2.75) is 25.0 Å². The number of ether oxygens (including phenoxy) is 2. The number of hydrogen-bond acceptors (Lipinski definition) is 6. The summed E-state index contributed by atoms with van der Waals surface area (Å²) < 4.78 is 12.9. The normalized spacial score (nSPS) is 20.7. The molecule has 0 aliphatic carbocycles. The maximum absolute atomic E-state index is 5.64.